The first kappa shape index (κ1) is 13.8. The maximum atomic E-state index is 8.84. The second-order valence-corrected chi connectivity index (χ2v) is 5.51. The van der Waals surface area contributed by atoms with Gasteiger partial charge in [0.25, 0.3) is 0 Å². The Labute approximate surface area is 121 Å². The zero-order chi connectivity index (χ0) is 13.8. The predicted molar refractivity (Wildman–Crippen MR) is 79.3 cm³/mol. The Morgan fingerprint density at radius 1 is 1.21 bits per heavy atom. The SMILES string of the molecule is Cc1cccc(/C(N)=N/O)c1Sc1ccc(Cl)cc1. The van der Waals surface area contributed by atoms with E-state index in [0.29, 0.717) is 5.02 Å². The summed E-state index contributed by atoms with van der Waals surface area (Å²) in [5.74, 6) is 0.111. The molecular weight excluding hydrogens is 280 g/mol. The molecular formula is C14H13ClN2OS. The lowest BCUT2D eigenvalue weighted by Crippen LogP contribution is -2.14. The second-order valence-electron chi connectivity index (χ2n) is 3.99. The highest BCUT2D eigenvalue weighted by Crippen LogP contribution is 2.33. The van der Waals surface area contributed by atoms with Gasteiger partial charge >= 0.3 is 0 Å². The van der Waals surface area contributed by atoms with Crippen LogP contribution in [0, 0.1) is 6.92 Å². The molecule has 5 heteroatoms. The van der Waals surface area contributed by atoms with Crippen LogP contribution in [0.3, 0.4) is 0 Å². The van der Waals surface area contributed by atoms with Gasteiger partial charge < -0.3 is 10.9 Å². The van der Waals surface area contributed by atoms with Gasteiger partial charge in [-0.05, 0) is 42.8 Å². The van der Waals surface area contributed by atoms with E-state index in [9.17, 15) is 0 Å². The Morgan fingerprint density at radius 3 is 2.53 bits per heavy atom. The van der Waals surface area contributed by atoms with Gasteiger partial charge in [0.2, 0.25) is 0 Å². The first-order valence-corrected chi connectivity index (χ1v) is 6.82. The molecule has 0 atom stereocenters. The summed E-state index contributed by atoms with van der Waals surface area (Å²) in [6.07, 6.45) is 0. The molecule has 0 saturated heterocycles. The van der Waals surface area contributed by atoms with Gasteiger partial charge in [0.15, 0.2) is 5.84 Å². The maximum Gasteiger partial charge on any atom is 0.171 e. The second kappa shape index (κ2) is 5.99. The van der Waals surface area contributed by atoms with Crippen molar-refractivity contribution in [1.29, 1.82) is 0 Å². The Morgan fingerprint density at radius 2 is 1.89 bits per heavy atom. The number of benzene rings is 2. The maximum absolute atomic E-state index is 8.84. The number of nitrogens with two attached hydrogens (primary N) is 1. The fraction of sp³-hybridized carbons (Fsp3) is 0.0714. The molecule has 2 aromatic carbocycles. The highest BCUT2D eigenvalue weighted by atomic mass is 35.5. The van der Waals surface area contributed by atoms with Crippen molar-refractivity contribution in [3.63, 3.8) is 0 Å². The summed E-state index contributed by atoms with van der Waals surface area (Å²) in [6, 6.07) is 13.3. The number of hydrogen-bond acceptors (Lipinski definition) is 3. The molecule has 0 aliphatic carbocycles. The summed E-state index contributed by atoms with van der Waals surface area (Å²) in [5, 5.41) is 12.6. The Bertz CT molecular complexity index is 611. The van der Waals surface area contributed by atoms with Gasteiger partial charge in [-0.2, -0.15) is 0 Å². The molecule has 0 bridgehead atoms. The molecule has 0 aliphatic rings. The van der Waals surface area contributed by atoms with Crippen LogP contribution in [0.4, 0.5) is 0 Å². The molecule has 0 heterocycles. The van der Waals surface area contributed by atoms with Crippen LogP contribution in [0.5, 0.6) is 0 Å². The number of oxime groups is 1. The monoisotopic (exact) mass is 292 g/mol. The fourth-order valence-corrected chi connectivity index (χ4v) is 2.81. The highest BCUT2D eigenvalue weighted by molar-refractivity contribution is 7.99. The van der Waals surface area contributed by atoms with Crippen molar-refractivity contribution in [2.24, 2.45) is 10.9 Å². The lowest BCUT2D eigenvalue weighted by molar-refractivity contribution is 0.318. The van der Waals surface area contributed by atoms with Crippen LogP contribution < -0.4 is 5.73 Å². The molecule has 0 unspecified atom stereocenters. The first-order chi connectivity index (χ1) is 9.11. The van der Waals surface area contributed by atoms with Crippen molar-refractivity contribution in [2.75, 3.05) is 0 Å². The molecule has 0 fully saturated rings. The van der Waals surface area contributed by atoms with Crippen molar-refractivity contribution >= 4 is 29.2 Å². The minimum absolute atomic E-state index is 0.111. The fourth-order valence-electron chi connectivity index (χ4n) is 1.66. The number of rotatable bonds is 3. The third kappa shape index (κ3) is 3.22. The number of halogens is 1. The molecule has 0 spiro atoms. The van der Waals surface area contributed by atoms with Crippen LogP contribution in [-0.4, -0.2) is 11.0 Å². The Kier molecular flexibility index (Phi) is 4.35. The van der Waals surface area contributed by atoms with Gasteiger partial charge in [-0.15, -0.1) is 0 Å². The van der Waals surface area contributed by atoms with Crippen molar-refractivity contribution in [2.45, 2.75) is 16.7 Å². The average Bonchev–Trinajstić information content (AvgIpc) is 2.42. The van der Waals surface area contributed by atoms with Crippen molar-refractivity contribution in [3.8, 4) is 0 Å². The molecule has 0 radical (unpaired) electrons. The molecule has 3 nitrogen and oxygen atoms in total. The molecule has 2 aromatic rings. The highest BCUT2D eigenvalue weighted by Gasteiger charge is 2.11. The zero-order valence-corrected chi connectivity index (χ0v) is 11.9. The van der Waals surface area contributed by atoms with Gasteiger partial charge in [0.05, 0.1) is 0 Å². The van der Waals surface area contributed by atoms with Crippen LogP contribution >= 0.6 is 23.4 Å². The Hall–Kier alpha value is -1.65. The van der Waals surface area contributed by atoms with E-state index in [4.69, 9.17) is 22.5 Å². The summed E-state index contributed by atoms with van der Waals surface area (Å²) < 4.78 is 0. The zero-order valence-electron chi connectivity index (χ0n) is 10.3. The number of aryl methyl sites for hydroxylation is 1. The van der Waals surface area contributed by atoms with E-state index in [0.717, 1.165) is 20.9 Å². The van der Waals surface area contributed by atoms with E-state index in [1.165, 1.54) is 0 Å². The smallest absolute Gasteiger partial charge is 0.171 e. The minimum Gasteiger partial charge on any atom is -0.409 e. The van der Waals surface area contributed by atoms with Crippen LogP contribution in [0.1, 0.15) is 11.1 Å². The summed E-state index contributed by atoms with van der Waals surface area (Å²) in [7, 11) is 0. The molecule has 0 saturated carbocycles. The first-order valence-electron chi connectivity index (χ1n) is 5.62. The van der Waals surface area contributed by atoms with Gasteiger partial charge in [-0.3, -0.25) is 0 Å². The standard InChI is InChI=1S/C14H13ClN2OS/c1-9-3-2-4-12(14(16)17-18)13(9)19-11-7-5-10(15)6-8-11/h2-8,18H,1H3,(H2,16,17). The predicted octanol–water partition coefficient (Wildman–Crippen LogP) is 3.89. The molecule has 19 heavy (non-hydrogen) atoms. The number of amidine groups is 1. The Balaban J connectivity index is 2.41. The largest absolute Gasteiger partial charge is 0.409 e. The van der Waals surface area contributed by atoms with E-state index >= 15 is 0 Å². The topological polar surface area (TPSA) is 58.6 Å². The molecule has 0 aliphatic heterocycles. The molecule has 0 aromatic heterocycles. The van der Waals surface area contributed by atoms with Crippen molar-refractivity contribution in [3.05, 3.63) is 58.6 Å². The van der Waals surface area contributed by atoms with Crippen LogP contribution in [-0.2, 0) is 0 Å². The lowest BCUT2D eigenvalue weighted by atomic mass is 10.1. The van der Waals surface area contributed by atoms with Crippen LogP contribution in [0.25, 0.3) is 0 Å². The van der Waals surface area contributed by atoms with Gasteiger partial charge in [-0.25, -0.2) is 0 Å². The van der Waals surface area contributed by atoms with Crippen molar-refractivity contribution < 1.29 is 5.21 Å². The van der Waals surface area contributed by atoms with E-state index < -0.39 is 0 Å². The third-order valence-electron chi connectivity index (χ3n) is 2.63. The van der Waals surface area contributed by atoms with E-state index in [1.54, 1.807) is 11.8 Å². The normalized spacial score (nSPS) is 11.6. The number of nitrogens with zero attached hydrogens (tertiary/aromatic N) is 1. The van der Waals surface area contributed by atoms with Crippen LogP contribution in [0.15, 0.2) is 57.4 Å². The summed E-state index contributed by atoms with van der Waals surface area (Å²) in [4.78, 5) is 2.02. The van der Waals surface area contributed by atoms with E-state index in [1.807, 2.05) is 49.4 Å². The van der Waals surface area contributed by atoms with Crippen LogP contribution in [0.2, 0.25) is 5.02 Å². The molecule has 3 N–H and O–H groups in total. The summed E-state index contributed by atoms with van der Waals surface area (Å²) in [5.41, 5.74) is 7.50. The summed E-state index contributed by atoms with van der Waals surface area (Å²) >= 11 is 7.43. The van der Waals surface area contributed by atoms with Crippen molar-refractivity contribution in [1.82, 2.24) is 0 Å². The third-order valence-corrected chi connectivity index (χ3v) is 4.13. The van der Waals surface area contributed by atoms with Gasteiger partial charge in [0, 0.05) is 20.4 Å². The van der Waals surface area contributed by atoms with Gasteiger partial charge in [-0.1, -0.05) is 40.7 Å². The lowest BCUT2D eigenvalue weighted by Gasteiger charge is -2.11. The number of hydrogen-bond donors (Lipinski definition) is 2. The molecule has 2 rings (SSSR count). The van der Waals surface area contributed by atoms with Gasteiger partial charge in [0.1, 0.15) is 0 Å². The average molecular weight is 293 g/mol. The van der Waals surface area contributed by atoms with E-state index in [-0.39, 0.29) is 5.84 Å². The molecule has 0 amide bonds. The minimum atomic E-state index is 0.111. The molecule has 98 valence electrons. The summed E-state index contributed by atoms with van der Waals surface area (Å²) in [6.45, 7) is 1.99. The van der Waals surface area contributed by atoms with E-state index in [2.05, 4.69) is 5.16 Å². The quantitative estimate of drug-likeness (QED) is 0.390.